The van der Waals surface area contributed by atoms with Crippen LogP contribution in [0.3, 0.4) is 0 Å². The van der Waals surface area contributed by atoms with Crippen LogP contribution < -0.4 is 5.73 Å². The lowest BCUT2D eigenvalue weighted by molar-refractivity contribution is 0.850. The van der Waals surface area contributed by atoms with Gasteiger partial charge in [0.05, 0.1) is 11.7 Å². The summed E-state index contributed by atoms with van der Waals surface area (Å²) in [7, 11) is 0. The fourth-order valence-electron chi connectivity index (χ4n) is 2.17. The molecule has 2 aromatic rings. The summed E-state index contributed by atoms with van der Waals surface area (Å²) in [6.07, 6.45) is 2.69. The van der Waals surface area contributed by atoms with Gasteiger partial charge in [-0.2, -0.15) is 0 Å². The molecule has 1 unspecified atom stereocenters. The van der Waals surface area contributed by atoms with Crippen molar-refractivity contribution >= 4 is 11.3 Å². The molecule has 94 valence electrons. The molecule has 1 fully saturated rings. The zero-order valence-electron chi connectivity index (χ0n) is 10.8. The van der Waals surface area contributed by atoms with Crippen molar-refractivity contribution in [3.8, 4) is 0 Å². The maximum atomic E-state index is 6.29. The van der Waals surface area contributed by atoms with Crippen LogP contribution in [-0.4, -0.2) is 4.98 Å². The van der Waals surface area contributed by atoms with Crippen LogP contribution in [0.4, 0.5) is 0 Å². The lowest BCUT2D eigenvalue weighted by Crippen LogP contribution is -2.11. The molecular weight excluding hydrogens is 240 g/mol. The van der Waals surface area contributed by atoms with E-state index in [1.54, 1.807) is 11.3 Å². The van der Waals surface area contributed by atoms with Gasteiger partial charge in [-0.1, -0.05) is 24.3 Å². The summed E-state index contributed by atoms with van der Waals surface area (Å²) in [5, 5.41) is 1.02. The van der Waals surface area contributed by atoms with Crippen LogP contribution >= 0.6 is 11.3 Å². The number of rotatable bonds is 3. The summed E-state index contributed by atoms with van der Waals surface area (Å²) in [6, 6.07) is 8.67. The Labute approximate surface area is 112 Å². The van der Waals surface area contributed by atoms with Crippen molar-refractivity contribution < 1.29 is 0 Å². The van der Waals surface area contributed by atoms with Gasteiger partial charge in [0.15, 0.2) is 0 Å². The Balaban J connectivity index is 1.84. The van der Waals surface area contributed by atoms with Crippen molar-refractivity contribution in [2.24, 2.45) is 5.73 Å². The number of hydrogen-bond donors (Lipinski definition) is 1. The molecule has 0 bridgehead atoms. The van der Waals surface area contributed by atoms with Gasteiger partial charge < -0.3 is 5.73 Å². The van der Waals surface area contributed by atoms with Gasteiger partial charge in [0.2, 0.25) is 0 Å². The first-order chi connectivity index (χ1) is 8.65. The highest BCUT2D eigenvalue weighted by Crippen LogP contribution is 2.40. The van der Waals surface area contributed by atoms with E-state index in [-0.39, 0.29) is 6.04 Å². The minimum Gasteiger partial charge on any atom is -0.318 e. The van der Waals surface area contributed by atoms with Crippen molar-refractivity contribution in [2.75, 3.05) is 0 Å². The summed E-state index contributed by atoms with van der Waals surface area (Å²) >= 11 is 1.70. The normalized spacial score (nSPS) is 16.8. The van der Waals surface area contributed by atoms with Gasteiger partial charge in [-0.15, -0.1) is 11.3 Å². The number of aromatic nitrogens is 1. The standard InChI is InChI=1S/C15H18N2S/c1-9-10(2)18-15(17-9)14(16)13-7-5-12(6-8-13)11-3-4-11/h5-8,11,14H,3-4,16H2,1-2H3. The van der Waals surface area contributed by atoms with Crippen LogP contribution in [0, 0.1) is 13.8 Å². The first kappa shape index (κ1) is 11.9. The van der Waals surface area contributed by atoms with Crippen molar-refractivity contribution in [1.82, 2.24) is 4.98 Å². The zero-order valence-corrected chi connectivity index (χ0v) is 11.6. The van der Waals surface area contributed by atoms with Crippen LogP contribution in [0.2, 0.25) is 0 Å². The van der Waals surface area contributed by atoms with Gasteiger partial charge in [0.1, 0.15) is 5.01 Å². The summed E-state index contributed by atoms with van der Waals surface area (Å²) < 4.78 is 0. The lowest BCUT2D eigenvalue weighted by atomic mass is 10.0. The van der Waals surface area contributed by atoms with Gasteiger partial charge >= 0.3 is 0 Å². The number of thiazole rings is 1. The first-order valence-electron chi connectivity index (χ1n) is 6.44. The van der Waals surface area contributed by atoms with E-state index in [2.05, 4.69) is 36.2 Å². The monoisotopic (exact) mass is 258 g/mol. The van der Waals surface area contributed by atoms with Gasteiger partial charge in [-0.3, -0.25) is 0 Å². The second-order valence-electron chi connectivity index (χ2n) is 5.11. The molecule has 18 heavy (non-hydrogen) atoms. The molecule has 1 saturated carbocycles. The second kappa shape index (κ2) is 4.48. The summed E-state index contributed by atoms with van der Waals surface area (Å²) in [4.78, 5) is 5.81. The molecular formula is C15H18N2S. The van der Waals surface area contributed by atoms with Crippen LogP contribution in [0.1, 0.15) is 51.5 Å². The smallest absolute Gasteiger partial charge is 0.114 e. The molecule has 0 spiro atoms. The van der Waals surface area contributed by atoms with Crippen molar-refractivity contribution in [1.29, 1.82) is 0 Å². The molecule has 1 aliphatic carbocycles. The van der Waals surface area contributed by atoms with E-state index < -0.39 is 0 Å². The van der Waals surface area contributed by atoms with Crippen LogP contribution in [0.5, 0.6) is 0 Å². The van der Waals surface area contributed by atoms with E-state index in [0.717, 1.165) is 22.2 Å². The molecule has 3 rings (SSSR count). The molecule has 3 heteroatoms. The number of nitrogens with zero attached hydrogens (tertiary/aromatic N) is 1. The van der Waals surface area contributed by atoms with E-state index in [9.17, 15) is 0 Å². The van der Waals surface area contributed by atoms with Crippen molar-refractivity contribution in [2.45, 2.75) is 38.6 Å². The largest absolute Gasteiger partial charge is 0.318 e. The van der Waals surface area contributed by atoms with E-state index in [0.29, 0.717) is 0 Å². The molecule has 0 aliphatic heterocycles. The van der Waals surface area contributed by atoms with Gasteiger partial charge in [-0.05, 0) is 43.7 Å². The SMILES string of the molecule is Cc1nc(C(N)c2ccc(C3CC3)cc2)sc1C. The molecule has 1 aromatic carbocycles. The fraction of sp³-hybridized carbons (Fsp3) is 0.400. The third kappa shape index (κ3) is 2.20. The average molecular weight is 258 g/mol. The minimum atomic E-state index is -0.0874. The van der Waals surface area contributed by atoms with E-state index in [1.165, 1.54) is 23.3 Å². The molecule has 0 radical (unpaired) electrons. The number of hydrogen-bond acceptors (Lipinski definition) is 3. The summed E-state index contributed by atoms with van der Waals surface area (Å²) in [5.74, 6) is 0.805. The highest BCUT2D eigenvalue weighted by atomic mass is 32.1. The molecule has 1 atom stereocenters. The minimum absolute atomic E-state index is 0.0874. The molecule has 0 saturated heterocycles. The molecule has 1 aliphatic rings. The quantitative estimate of drug-likeness (QED) is 0.912. The Kier molecular flexibility index (Phi) is 2.96. The van der Waals surface area contributed by atoms with Gasteiger partial charge in [0, 0.05) is 4.88 Å². The number of benzene rings is 1. The Morgan fingerprint density at radius 2 is 1.89 bits per heavy atom. The number of aryl methyl sites for hydroxylation is 2. The van der Waals surface area contributed by atoms with E-state index >= 15 is 0 Å². The van der Waals surface area contributed by atoms with Crippen LogP contribution in [0.15, 0.2) is 24.3 Å². The predicted molar refractivity (Wildman–Crippen MR) is 76.0 cm³/mol. The van der Waals surface area contributed by atoms with Crippen LogP contribution in [-0.2, 0) is 0 Å². The maximum absolute atomic E-state index is 6.29. The number of nitrogens with two attached hydrogens (primary N) is 1. The molecule has 2 nitrogen and oxygen atoms in total. The second-order valence-corrected chi connectivity index (χ2v) is 6.35. The third-order valence-corrected chi connectivity index (χ3v) is 4.81. The van der Waals surface area contributed by atoms with Crippen LogP contribution in [0.25, 0.3) is 0 Å². The van der Waals surface area contributed by atoms with Gasteiger partial charge in [-0.25, -0.2) is 4.98 Å². The maximum Gasteiger partial charge on any atom is 0.114 e. The highest BCUT2D eigenvalue weighted by Gasteiger charge is 2.23. The Bertz CT molecular complexity index is 533. The topological polar surface area (TPSA) is 38.9 Å². The average Bonchev–Trinajstić information content (AvgIpc) is 3.16. The molecule has 1 aromatic heterocycles. The fourth-order valence-corrected chi connectivity index (χ4v) is 3.12. The van der Waals surface area contributed by atoms with E-state index in [4.69, 9.17) is 5.73 Å². The van der Waals surface area contributed by atoms with Gasteiger partial charge in [0.25, 0.3) is 0 Å². The summed E-state index contributed by atoms with van der Waals surface area (Å²) in [6.45, 7) is 4.14. The predicted octanol–water partition coefficient (Wildman–Crippen LogP) is 3.69. The molecule has 1 heterocycles. The lowest BCUT2D eigenvalue weighted by Gasteiger charge is -2.09. The third-order valence-electron chi connectivity index (χ3n) is 3.66. The van der Waals surface area contributed by atoms with E-state index in [1.807, 2.05) is 6.92 Å². The van der Waals surface area contributed by atoms with Crippen molar-refractivity contribution in [3.63, 3.8) is 0 Å². The molecule has 0 amide bonds. The highest BCUT2D eigenvalue weighted by molar-refractivity contribution is 7.11. The Morgan fingerprint density at radius 1 is 1.22 bits per heavy atom. The Morgan fingerprint density at radius 3 is 2.39 bits per heavy atom. The Hall–Kier alpha value is -1.19. The summed E-state index contributed by atoms with van der Waals surface area (Å²) in [5.41, 5.74) is 10.0. The molecule has 2 N–H and O–H groups in total. The zero-order chi connectivity index (χ0) is 12.7. The van der Waals surface area contributed by atoms with Crippen molar-refractivity contribution in [3.05, 3.63) is 51.0 Å². The first-order valence-corrected chi connectivity index (χ1v) is 7.26.